The van der Waals surface area contributed by atoms with Crippen molar-refractivity contribution in [1.82, 2.24) is 0 Å². The van der Waals surface area contributed by atoms with E-state index in [9.17, 15) is 4.79 Å². The highest BCUT2D eigenvalue weighted by Crippen LogP contribution is 2.30. The number of rotatable bonds is 1. The van der Waals surface area contributed by atoms with Gasteiger partial charge in [-0.05, 0) is 11.5 Å². The highest BCUT2D eigenvalue weighted by atomic mass is 16.5. The van der Waals surface area contributed by atoms with Crippen LogP contribution in [0.15, 0.2) is 24.3 Å². The normalized spacial score (nSPS) is 11.1. The second-order valence-corrected chi connectivity index (χ2v) is 4.17. The number of benzene rings is 1. The van der Waals surface area contributed by atoms with Crippen molar-refractivity contribution in [3.05, 3.63) is 29.8 Å². The van der Waals surface area contributed by atoms with E-state index >= 15 is 0 Å². The lowest BCUT2D eigenvalue weighted by Crippen LogP contribution is -2.20. The average molecular weight is 193 g/mol. The fourth-order valence-corrected chi connectivity index (χ4v) is 1.28. The monoisotopic (exact) mass is 193 g/mol. The van der Waals surface area contributed by atoms with E-state index in [2.05, 4.69) is 20.8 Å². The Morgan fingerprint density at radius 3 is 2.36 bits per heavy atom. The summed E-state index contributed by atoms with van der Waals surface area (Å²) in [6.45, 7) is 6.16. The van der Waals surface area contributed by atoms with Gasteiger partial charge in [-0.2, -0.15) is 0 Å². The number of carbonyl (C=O) groups excluding carboxylic acids is 1. The Labute approximate surface area is 83.9 Å². The summed E-state index contributed by atoms with van der Waals surface area (Å²) in [4.78, 5) is 10.6. The molecule has 76 valence electrons. The third-order valence-electron chi connectivity index (χ3n) is 1.91. The molecule has 0 heterocycles. The van der Waals surface area contributed by atoms with Gasteiger partial charge >= 0.3 is 6.09 Å². The molecule has 1 amide bonds. The van der Waals surface area contributed by atoms with E-state index < -0.39 is 6.09 Å². The summed E-state index contributed by atoms with van der Waals surface area (Å²) >= 11 is 0. The Kier molecular flexibility index (Phi) is 2.79. The second-order valence-electron chi connectivity index (χ2n) is 4.17. The summed E-state index contributed by atoms with van der Waals surface area (Å²) in [5.41, 5.74) is 5.88. The zero-order valence-electron chi connectivity index (χ0n) is 8.70. The Bertz CT molecular complexity index is 339. The molecule has 1 rings (SSSR count). The van der Waals surface area contributed by atoms with Crippen LogP contribution in [-0.2, 0) is 5.41 Å². The highest BCUT2D eigenvalue weighted by molar-refractivity contribution is 5.68. The molecule has 0 aliphatic rings. The van der Waals surface area contributed by atoms with Crippen molar-refractivity contribution in [2.75, 3.05) is 0 Å². The number of primary amides is 1. The van der Waals surface area contributed by atoms with Crippen LogP contribution in [0.25, 0.3) is 0 Å². The molecule has 0 spiro atoms. The molecule has 0 unspecified atom stereocenters. The van der Waals surface area contributed by atoms with E-state index in [1.165, 1.54) is 0 Å². The van der Waals surface area contributed by atoms with E-state index in [-0.39, 0.29) is 5.41 Å². The molecule has 0 radical (unpaired) electrons. The standard InChI is InChI=1S/C11H15NO2/c1-11(2,3)8-6-4-5-7-9(8)14-10(12)13/h4-7H,1-3H3,(H2,12,13). The fourth-order valence-electron chi connectivity index (χ4n) is 1.28. The average Bonchev–Trinajstić information content (AvgIpc) is 2.01. The zero-order valence-corrected chi connectivity index (χ0v) is 8.70. The molecular weight excluding hydrogens is 178 g/mol. The van der Waals surface area contributed by atoms with Crippen LogP contribution in [0.4, 0.5) is 4.79 Å². The van der Waals surface area contributed by atoms with Gasteiger partial charge in [-0.1, -0.05) is 39.0 Å². The van der Waals surface area contributed by atoms with Crippen LogP contribution in [0.1, 0.15) is 26.3 Å². The summed E-state index contributed by atoms with van der Waals surface area (Å²) in [7, 11) is 0. The lowest BCUT2D eigenvalue weighted by atomic mass is 9.86. The minimum atomic E-state index is -0.776. The Morgan fingerprint density at radius 2 is 1.86 bits per heavy atom. The summed E-state index contributed by atoms with van der Waals surface area (Å²) in [6, 6.07) is 7.39. The van der Waals surface area contributed by atoms with Gasteiger partial charge in [0.15, 0.2) is 0 Å². The van der Waals surface area contributed by atoms with Gasteiger partial charge in [-0.25, -0.2) is 4.79 Å². The fraction of sp³-hybridized carbons (Fsp3) is 0.364. The van der Waals surface area contributed by atoms with Crippen molar-refractivity contribution in [3.8, 4) is 5.75 Å². The van der Waals surface area contributed by atoms with E-state index in [0.717, 1.165) is 5.56 Å². The van der Waals surface area contributed by atoms with Gasteiger partial charge < -0.3 is 10.5 Å². The number of para-hydroxylation sites is 1. The number of hydrogen-bond donors (Lipinski definition) is 1. The molecule has 0 aromatic heterocycles. The molecule has 0 saturated heterocycles. The van der Waals surface area contributed by atoms with Gasteiger partial charge in [-0.3, -0.25) is 0 Å². The third-order valence-corrected chi connectivity index (χ3v) is 1.91. The van der Waals surface area contributed by atoms with Crippen molar-refractivity contribution in [2.24, 2.45) is 5.73 Å². The molecule has 0 saturated carbocycles. The first-order valence-electron chi connectivity index (χ1n) is 4.48. The quantitative estimate of drug-likeness (QED) is 0.744. The Hall–Kier alpha value is -1.51. The maximum absolute atomic E-state index is 10.6. The lowest BCUT2D eigenvalue weighted by Gasteiger charge is -2.21. The molecule has 0 aliphatic heterocycles. The van der Waals surface area contributed by atoms with Crippen LogP contribution in [0.2, 0.25) is 0 Å². The first-order valence-corrected chi connectivity index (χ1v) is 4.48. The topological polar surface area (TPSA) is 52.3 Å². The Balaban J connectivity index is 3.10. The molecular formula is C11H15NO2. The molecule has 0 atom stereocenters. The van der Waals surface area contributed by atoms with E-state index in [4.69, 9.17) is 10.5 Å². The molecule has 1 aromatic rings. The van der Waals surface area contributed by atoms with Crippen molar-refractivity contribution < 1.29 is 9.53 Å². The van der Waals surface area contributed by atoms with Crippen LogP contribution in [-0.4, -0.2) is 6.09 Å². The molecule has 2 N–H and O–H groups in total. The molecule has 3 nitrogen and oxygen atoms in total. The van der Waals surface area contributed by atoms with Crippen molar-refractivity contribution in [2.45, 2.75) is 26.2 Å². The summed E-state index contributed by atoms with van der Waals surface area (Å²) < 4.78 is 4.91. The predicted molar refractivity (Wildman–Crippen MR) is 55.4 cm³/mol. The molecule has 1 aromatic carbocycles. The lowest BCUT2D eigenvalue weighted by molar-refractivity contribution is 0.210. The van der Waals surface area contributed by atoms with Gasteiger partial charge in [0.2, 0.25) is 0 Å². The maximum Gasteiger partial charge on any atom is 0.409 e. The molecule has 0 bridgehead atoms. The SMILES string of the molecule is CC(C)(C)c1ccccc1OC(N)=O. The number of ether oxygens (including phenoxy) is 1. The number of nitrogens with two attached hydrogens (primary N) is 1. The highest BCUT2D eigenvalue weighted by Gasteiger charge is 2.19. The van der Waals surface area contributed by atoms with Crippen LogP contribution in [0.3, 0.4) is 0 Å². The maximum atomic E-state index is 10.6. The third kappa shape index (κ3) is 2.49. The first kappa shape index (κ1) is 10.6. The van der Waals surface area contributed by atoms with Crippen molar-refractivity contribution in [1.29, 1.82) is 0 Å². The van der Waals surface area contributed by atoms with Crippen molar-refractivity contribution in [3.63, 3.8) is 0 Å². The number of carbonyl (C=O) groups is 1. The molecule has 0 fully saturated rings. The van der Waals surface area contributed by atoms with Crippen LogP contribution < -0.4 is 10.5 Å². The van der Waals surface area contributed by atoms with Gasteiger partial charge in [-0.15, -0.1) is 0 Å². The zero-order chi connectivity index (χ0) is 10.8. The van der Waals surface area contributed by atoms with Crippen molar-refractivity contribution >= 4 is 6.09 Å². The van der Waals surface area contributed by atoms with E-state index in [0.29, 0.717) is 5.75 Å². The Morgan fingerprint density at radius 1 is 1.29 bits per heavy atom. The molecule has 0 aliphatic carbocycles. The largest absolute Gasteiger partial charge is 0.410 e. The van der Waals surface area contributed by atoms with Crippen LogP contribution >= 0.6 is 0 Å². The van der Waals surface area contributed by atoms with E-state index in [1.807, 2.05) is 18.2 Å². The second kappa shape index (κ2) is 3.70. The van der Waals surface area contributed by atoms with Gasteiger partial charge in [0.25, 0.3) is 0 Å². The molecule has 14 heavy (non-hydrogen) atoms. The molecule has 3 heteroatoms. The predicted octanol–water partition coefficient (Wildman–Crippen LogP) is 2.44. The van der Waals surface area contributed by atoms with E-state index in [1.54, 1.807) is 6.07 Å². The van der Waals surface area contributed by atoms with Gasteiger partial charge in [0.1, 0.15) is 5.75 Å². The first-order chi connectivity index (χ1) is 6.41. The smallest absolute Gasteiger partial charge is 0.409 e. The summed E-state index contributed by atoms with van der Waals surface area (Å²) in [5.74, 6) is 0.535. The van der Waals surface area contributed by atoms with Crippen LogP contribution in [0, 0.1) is 0 Å². The number of hydrogen-bond acceptors (Lipinski definition) is 2. The minimum absolute atomic E-state index is 0.0634. The minimum Gasteiger partial charge on any atom is -0.410 e. The number of amides is 1. The van der Waals surface area contributed by atoms with Crippen LogP contribution in [0.5, 0.6) is 5.75 Å². The summed E-state index contributed by atoms with van der Waals surface area (Å²) in [5, 5.41) is 0. The summed E-state index contributed by atoms with van der Waals surface area (Å²) in [6.07, 6.45) is -0.776. The van der Waals surface area contributed by atoms with Gasteiger partial charge in [0, 0.05) is 5.56 Å². The van der Waals surface area contributed by atoms with Gasteiger partial charge in [0.05, 0.1) is 0 Å².